The fraction of sp³-hybridized carbons (Fsp3) is 0.650. The molecule has 0 aliphatic carbocycles. The first-order chi connectivity index (χ1) is 13.5. The van der Waals surface area contributed by atoms with Gasteiger partial charge in [-0.3, -0.25) is 4.99 Å². The van der Waals surface area contributed by atoms with Gasteiger partial charge < -0.3 is 15.4 Å². The maximum Gasteiger partial charge on any atom is 0.240 e. The van der Waals surface area contributed by atoms with E-state index in [1.165, 1.54) is 0 Å². The molecule has 0 spiro atoms. The van der Waals surface area contributed by atoms with Gasteiger partial charge in [-0.1, -0.05) is 38.8 Å². The summed E-state index contributed by atoms with van der Waals surface area (Å²) in [5.41, 5.74) is 0.989. The summed E-state index contributed by atoms with van der Waals surface area (Å²) in [4.78, 5) is 4.51. The second kappa shape index (κ2) is 11.4. The molecule has 3 N–H and O–H groups in total. The summed E-state index contributed by atoms with van der Waals surface area (Å²) in [6.07, 6.45) is 4.15. The van der Waals surface area contributed by atoms with E-state index in [4.69, 9.17) is 4.74 Å². The molecular weight excluding hydrogens is 376 g/mol. The predicted octanol–water partition coefficient (Wildman–Crippen LogP) is 2.25. The van der Waals surface area contributed by atoms with Crippen LogP contribution in [0.4, 0.5) is 0 Å². The van der Waals surface area contributed by atoms with Crippen LogP contribution in [0.2, 0.25) is 0 Å². The molecule has 0 amide bonds. The lowest BCUT2D eigenvalue weighted by Crippen LogP contribution is -2.39. The Morgan fingerprint density at radius 1 is 1.21 bits per heavy atom. The summed E-state index contributed by atoms with van der Waals surface area (Å²) < 4.78 is 32.9. The highest BCUT2D eigenvalue weighted by atomic mass is 32.2. The van der Waals surface area contributed by atoms with Gasteiger partial charge in [0.2, 0.25) is 10.0 Å². The molecular formula is C20H34N4O3S. The lowest BCUT2D eigenvalue weighted by molar-refractivity contribution is 0.114. The Morgan fingerprint density at radius 2 is 1.93 bits per heavy atom. The molecule has 28 heavy (non-hydrogen) atoms. The van der Waals surface area contributed by atoms with E-state index < -0.39 is 10.0 Å². The van der Waals surface area contributed by atoms with Gasteiger partial charge in [0.15, 0.2) is 5.96 Å². The average Bonchev–Trinajstić information content (AvgIpc) is 3.23. The summed E-state index contributed by atoms with van der Waals surface area (Å²) in [6, 6.07) is 6.91. The van der Waals surface area contributed by atoms with Crippen LogP contribution in [0, 0.1) is 5.92 Å². The van der Waals surface area contributed by atoms with Gasteiger partial charge in [0.25, 0.3) is 0 Å². The molecule has 1 aromatic carbocycles. The number of hydrogen-bond donors (Lipinski definition) is 3. The molecule has 158 valence electrons. The van der Waals surface area contributed by atoms with Crippen molar-refractivity contribution in [2.45, 2.75) is 57.1 Å². The number of hydrogen-bond acceptors (Lipinski definition) is 4. The molecule has 0 bridgehead atoms. The first-order valence-electron chi connectivity index (χ1n) is 10.1. The van der Waals surface area contributed by atoms with Crippen molar-refractivity contribution in [1.29, 1.82) is 0 Å². The van der Waals surface area contributed by atoms with Crippen molar-refractivity contribution >= 4 is 16.0 Å². The number of guanidine groups is 1. The molecule has 0 radical (unpaired) electrons. The van der Waals surface area contributed by atoms with E-state index in [2.05, 4.69) is 34.2 Å². The fourth-order valence-electron chi connectivity index (χ4n) is 3.10. The number of sulfonamides is 1. The molecule has 1 atom stereocenters. The highest BCUT2D eigenvalue weighted by molar-refractivity contribution is 7.89. The highest BCUT2D eigenvalue weighted by Gasteiger charge is 2.20. The normalized spacial score (nSPS) is 17.9. The van der Waals surface area contributed by atoms with Crippen molar-refractivity contribution in [1.82, 2.24) is 15.4 Å². The van der Waals surface area contributed by atoms with Crippen LogP contribution in [0.25, 0.3) is 0 Å². The molecule has 2 rings (SSSR count). The molecule has 0 aromatic heterocycles. The summed E-state index contributed by atoms with van der Waals surface area (Å²) in [5.74, 6) is 1.38. The third-order valence-electron chi connectivity index (χ3n) is 5.16. The van der Waals surface area contributed by atoms with Gasteiger partial charge >= 0.3 is 0 Å². The van der Waals surface area contributed by atoms with Crippen molar-refractivity contribution in [2.75, 3.05) is 26.7 Å². The van der Waals surface area contributed by atoms with E-state index in [0.717, 1.165) is 43.8 Å². The zero-order valence-corrected chi connectivity index (χ0v) is 18.0. The number of nitrogens with one attached hydrogen (secondary N) is 3. The molecule has 1 aromatic rings. The monoisotopic (exact) mass is 410 g/mol. The minimum atomic E-state index is -3.51. The maximum atomic E-state index is 12.4. The predicted molar refractivity (Wildman–Crippen MR) is 113 cm³/mol. The maximum absolute atomic E-state index is 12.4. The van der Waals surface area contributed by atoms with Crippen molar-refractivity contribution in [2.24, 2.45) is 10.9 Å². The van der Waals surface area contributed by atoms with Crippen molar-refractivity contribution in [3.05, 3.63) is 29.8 Å². The minimum Gasteiger partial charge on any atom is -0.377 e. The van der Waals surface area contributed by atoms with Gasteiger partial charge in [-0.05, 0) is 36.5 Å². The van der Waals surface area contributed by atoms with E-state index in [1.54, 1.807) is 19.2 Å². The van der Waals surface area contributed by atoms with Gasteiger partial charge in [0, 0.05) is 33.3 Å². The standard InChI is InChI=1S/C20H34N4O3S/c1-4-16(5-2)13-22-20(21-3)23-14-17-8-10-19(11-9-17)28(25,26)24-15-18-7-6-12-27-18/h8-11,16,18,24H,4-7,12-15H2,1-3H3,(H2,21,22,23). The zero-order valence-electron chi connectivity index (χ0n) is 17.2. The molecule has 1 unspecified atom stereocenters. The molecule has 1 aliphatic rings. The highest BCUT2D eigenvalue weighted by Crippen LogP contribution is 2.14. The zero-order chi connectivity index (χ0) is 20.4. The molecule has 7 nitrogen and oxygen atoms in total. The van der Waals surface area contributed by atoms with Crippen LogP contribution in [0.3, 0.4) is 0 Å². The Balaban J connectivity index is 1.83. The number of aliphatic imine (C=N–C) groups is 1. The Hall–Kier alpha value is -1.64. The first-order valence-corrected chi connectivity index (χ1v) is 11.6. The largest absolute Gasteiger partial charge is 0.377 e. The number of ether oxygens (including phenoxy) is 1. The summed E-state index contributed by atoms with van der Waals surface area (Å²) >= 11 is 0. The average molecular weight is 411 g/mol. The van der Waals surface area contributed by atoms with Crippen LogP contribution >= 0.6 is 0 Å². The van der Waals surface area contributed by atoms with E-state index >= 15 is 0 Å². The van der Waals surface area contributed by atoms with Crippen molar-refractivity contribution in [3.8, 4) is 0 Å². The number of benzene rings is 1. The van der Waals surface area contributed by atoms with Crippen LogP contribution in [-0.4, -0.2) is 47.2 Å². The second-order valence-corrected chi connectivity index (χ2v) is 8.89. The SMILES string of the molecule is CCC(CC)CNC(=NC)NCc1ccc(S(=O)(=O)NCC2CCCO2)cc1. The third kappa shape index (κ3) is 7.07. The van der Waals surface area contributed by atoms with Crippen molar-refractivity contribution < 1.29 is 13.2 Å². The summed E-state index contributed by atoms with van der Waals surface area (Å²) in [5, 5.41) is 6.61. The first kappa shape index (κ1) is 22.6. The van der Waals surface area contributed by atoms with E-state index in [9.17, 15) is 8.42 Å². The summed E-state index contributed by atoms with van der Waals surface area (Å²) in [7, 11) is -1.76. The number of nitrogens with zero attached hydrogens (tertiary/aromatic N) is 1. The van der Waals surface area contributed by atoms with Gasteiger partial charge in [-0.2, -0.15) is 0 Å². The quantitative estimate of drug-likeness (QED) is 0.406. The van der Waals surface area contributed by atoms with Crippen molar-refractivity contribution in [3.63, 3.8) is 0 Å². The molecule has 1 saturated heterocycles. The van der Waals surface area contributed by atoms with Crippen LogP contribution in [0.5, 0.6) is 0 Å². The van der Waals surface area contributed by atoms with E-state index in [-0.39, 0.29) is 11.0 Å². The van der Waals surface area contributed by atoms with Crippen LogP contribution in [0.15, 0.2) is 34.2 Å². The lowest BCUT2D eigenvalue weighted by atomic mass is 10.0. The molecule has 1 fully saturated rings. The van der Waals surface area contributed by atoms with Gasteiger partial charge in [0.1, 0.15) is 0 Å². The Morgan fingerprint density at radius 3 is 2.50 bits per heavy atom. The van der Waals surface area contributed by atoms with Crippen LogP contribution in [0.1, 0.15) is 45.1 Å². The minimum absolute atomic E-state index is 0.0162. The van der Waals surface area contributed by atoms with E-state index in [0.29, 0.717) is 25.6 Å². The van der Waals surface area contributed by atoms with Gasteiger partial charge in [-0.25, -0.2) is 13.1 Å². The second-order valence-electron chi connectivity index (χ2n) is 7.12. The topological polar surface area (TPSA) is 91.8 Å². The molecule has 1 aliphatic heterocycles. The molecule has 1 heterocycles. The lowest BCUT2D eigenvalue weighted by Gasteiger charge is -2.17. The Bertz CT molecular complexity index is 709. The third-order valence-corrected chi connectivity index (χ3v) is 6.59. The Labute approximate surface area is 169 Å². The van der Waals surface area contributed by atoms with Crippen LogP contribution in [-0.2, 0) is 21.3 Å². The number of rotatable bonds is 10. The molecule has 0 saturated carbocycles. The Kier molecular flexibility index (Phi) is 9.21. The summed E-state index contributed by atoms with van der Waals surface area (Å²) in [6.45, 7) is 6.88. The molecule has 8 heteroatoms. The van der Waals surface area contributed by atoms with Crippen LogP contribution < -0.4 is 15.4 Å². The van der Waals surface area contributed by atoms with E-state index in [1.807, 2.05) is 12.1 Å². The fourth-order valence-corrected chi connectivity index (χ4v) is 4.17. The van der Waals surface area contributed by atoms with Gasteiger partial charge in [0.05, 0.1) is 11.0 Å². The van der Waals surface area contributed by atoms with Gasteiger partial charge in [-0.15, -0.1) is 0 Å². The smallest absolute Gasteiger partial charge is 0.240 e.